The second kappa shape index (κ2) is 7.79. The van der Waals surface area contributed by atoms with E-state index in [1.165, 1.54) is 88.6 Å². The van der Waals surface area contributed by atoms with Gasteiger partial charge < -0.3 is 9.38 Å². The number of hydrogen-bond donors (Lipinski definition) is 0. The van der Waals surface area contributed by atoms with Crippen LogP contribution in [0.2, 0.25) is 0 Å². The van der Waals surface area contributed by atoms with Gasteiger partial charge in [0, 0.05) is 6.04 Å². The quantitative estimate of drug-likeness (QED) is 0.706. The van der Waals surface area contributed by atoms with Crippen molar-refractivity contribution in [2.45, 2.75) is 71.3 Å². The Bertz CT molecular complexity index is 261. The standard InChI is InChI=1S/C18H37N2/c1-4-20(3)14-10-18(11-15-20)16-17(2)19-12-8-6-5-7-9-13-19/h17-18H,4-16H2,1-3H3/q+1. The first-order valence-corrected chi connectivity index (χ1v) is 9.20. The van der Waals surface area contributed by atoms with Gasteiger partial charge in [0.2, 0.25) is 0 Å². The summed E-state index contributed by atoms with van der Waals surface area (Å²) >= 11 is 0. The minimum absolute atomic E-state index is 0.816. The molecule has 2 heterocycles. The molecule has 0 radical (unpaired) electrons. The second-order valence-electron chi connectivity index (χ2n) is 7.71. The summed E-state index contributed by atoms with van der Waals surface area (Å²) < 4.78 is 1.31. The van der Waals surface area contributed by atoms with Crippen LogP contribution in [0.3, 0.4) is 0 Å². The molecule has 0 amide bonds. The molecule has 2 saturated heterocycles. The summed E-state index contributed by atoms with van der Waals surface area (Å²) in [6.07, 6.45) is 11.6. The summed E-state index contributed by atoms with van der Waals surface area (Å²) in [6, 6.07) is 0.816. The molecule has 0 saturated carbocycles. The highest BCUT2D eigenvalue weighted by Crippen LogP contribution is 2.27. The highest BCUT2D eigenvalue weighted by atomic mass is 15.3. The monoisotopic (exact) mass is 281 g/mol. The average molecular weight is 282 g/mol. The fraction of sp³-hybridized carbons (Fsp3) is 1.00. The molecule has 20 heavy (non-hydrogen) atoms. The molecular weight excluding hydrogens is 244 g/mol. The van der Waals surface area contributed by atoms with Gasteiger partial charge in [-0.15, -0.1) is 0 Å². The van der Waals surface area contributed by atoms with Crippen molar-refractivity contribution in [3.63, 3.8) is 0 Å². The molecule has 2 fully saturated rings. The van der Waals surface area contributed by atoms with Gasteiger partial charge in [-0.3, -0.25) is 0 Å². The third-order valence-corrected chi connectivity index (χ3v) is 6.11. The van der Waals surface area contributed by atoms with E-state index in [0.717, 1.165) is 12.0 Å². The van der Waals surface area contributed by atoms with Crippen molar-refractivity contribution in [2.24, 2.45) is 5.92 Å². The average Bonchev–Trinajstić information content (AvgIpc) is 2.41. The fourth-order valence-electron chi connectivity index (χ4n) is 4.14. The van der Waals surface area contributed by atoms with Crippen molar-refractivity contribution in [2.75, 3.05) is 39.8 Å². The molecule has 1 unspecified atom stereocenters. The molecule has 0 N–H and O–H groups in total. The maximum absolute atomic E-state index is 2.79. The zero-order valence-electron chi connectivity index (χ0n) is 14.2. The zero-order chi connectivity index (χ0) is 14.4. The normalized spacial score (nSPS) is 35.2. The molecule has 0 aromatic heterocycles. The van der Waals surface area contributed by atoms with Crippen LogP contribution in [-0.2, 0) is 0 Å². The van der Waals surface area contributed by atoms with Crippen molar-refractivity contribution < 1.29 is 4.48 Å². The van der Waals surface area contributed by atoms with E-state index in [1.807, 2.05) is 0 Å². The first kappa shape index (κ1) is 16.3. The molecular formula is C18H37N2+. The number of rotatable bonds is 4. The number of likely N-dealkylation sites (tertiary alicyclic amines) is 2. The van der Waals surface area contributed by atoms with Crippen molar-refractivity contribution in [3.8, 4) is 0 Å². The van der Waals surface area contributed by atoms with Gasteiger partial charge in [0.1, 0.15) is 0 Å². The van der Waals surface area contributed by atoms with Crippen molar-refractivity contribution >= 4 is 0 Å². The van der Waals surface area contributed by atoms with E-state index in [0.29, 0.717) is 0 Å². The highest BCUT2D eigenvalue weighted by Gasteiger charge is 2.30. The molecule has 0 aromatic carbocycles. The molecule has 0 aliphatic carbocycles. The molecule has 118 valence electrons. The van der Waals surface area contributed by atoms with Gasteiger partial charge in [-0.2, -0.15) is 0 Å². The van der Waals surface area contributed by atoms with E-state index >= 15 is 0 Å². The van der Waals surface area contributed by atoms with Crippen LogP contribution in [-0.4, -0.2) is 55.2 Å². The van der Waals surface area contributed by atoms with Crippen LogP contribution < -0.4 is 0 Å². The predicted molar refractivity (Wildman–Crippen MR) is 87.9 cm³/mol. The van der Waals surface area contributed by atoms with Crippen molar-refractivity contribution in [3.05, 3.63) is 0 Å². The van der Waals surface area contributed by atoms with Crippen molar-refractivity contribution in [1.82, 2.24) is 4.90 Å². The first-order chi connectivity index (χ1) is 9.63. The lowest BCUT2D eigenvalue weighted by molar-refractivity contribution is -0.913. The van der Waals surface area contributed by atoms with Crippen LogP contribution in [0.5, 0.6) is 0 Å². The number of hydrogen-bond acceptors (Lipinski definition) is 1. The van der Waals surface area contributed by atoms with Crippen LogP contribution >= 0.6 is 0 Å². The molecule has 2 nitrogen and oxygen atoms in total. The minimum Gasteiger partial charge on any atom is -0.326 e. The van der Waals surface area contributed by atoms with Gasteiger partial charge in [0.25, 0.3) is 0 Å². The second-order valence-corrected chi connectivity index (χ2v) is 7.71. The van der Waals surface area contributed by atoms with Crippen LogP contribution in [0.1, 0.15) is 65.2 Å². The SMILES string of the molecule is CC[N+]1(C)CCC(CC(C)N2CCCCCCC2)CC1. The van der Waals surface area contributed by atoms with Gasteiger partial charge in [0.15, 0.2) is 0 Å². The van der Waals surface area contributed by atoms with Crippen molar-refractivity contribution in [1.29, 1.82) is 0 Å². The van der Waals surface area contributed by atoms with Crippen LogP contribution in [0, 0.1) is 5.92 Å². The third kappa shape index (κ3) is 4.73. The number of quaternary nitrogens is 1. The van der Waals surface area contributed by atoms with Gasteiger partial charge in [-0.05, 0) is 65.0 Å². The number of piperidine rings is 1. The van der Waals surface area contributed by atoms with E-state index in [9.17, 15) is 0 Å². The molecule has 2 rings (SSSR count). The van der Waals surface area contributed by atoms with Gasteiger partial charge >= 0.3 is 0 Å². The topological polar surface area (TPSA) is 3.24 Å². The first-order valence-electron chi connectivity index (χ1n) is 9.20. The van der Waals surface area contributed by atoms with E-state index in [4.69, 9.17) is 0 Å². The Morgan fingerprint density at radius 1 is 1.00 bits per heavy atom. The Balaban J connectivity index is 1.75. The molecule has 2 aliphatic heterocycles. The molecule has 2 heteroatoms. The lowest BCUT2D eigenvalue weighted by atomic mass is 9.89. The van der Waals surface area contributed by atoms with E-state index in [2.05, 4.69) is 25.8 Å². The maximum Gasteiger partial charge on any atom is 0.0787 e. The number of nitrogens with zero attached hydrogens (tertiary/aromatic N) is 2. The zero-order valence-corrected chi connectivity index (χ0v) is 14.2. The van der Waals surface area contributed by atoms with Crippen LogP contribution in [0.15, 0.2) is 0 Å². The van der Waals surface area contributed by atoms with Gasteiger partial charge in [-0.25, -0.2) is 0 Å². The fourth-order valence-corrected chi connectivity index (χ4v) is 4.14. The van der Waals surface area contributed by atoms with Crippen LogP contribution in [0.4, 0.5) is 0 Å². The Kier molecular flexibility index (Phi) is 6.35. The summed E-state index contributed by atoms with van der Waals surface area (Å²) in [4.78, 5) is 2.79. The highest BCUT2D eigenvalue weighted by molar-refractivity contribution is 4.75. The molecule has 0 bridgehead atoms. The summed E-state index contributed by atoms with van der Waals surface area (Å²) in [6.45, 7) is 11.7. The Morgan fingerprint density at radius 2 is 1.55 bits per heavy atom. The summed E-state index contributed by atoms with van der Waals surface area (Å²) in [7, 11) is 2.44. The summed E-state index contributed by atoms with van der Waals surface area (Å²) in [5.41, 5.74) is 0. The summed E-state index contributed by atoms with van der Waals surface area (Å²) in [5.74, 6) is 0.994. The largest absolute Gasteiger partial charge is 0.326 e. The van der Waals surface area contributed by atoms with E-state index in [-0.39, 0.29) is 0 Å². The molecule has 0 spiro atoms. The van der Waals surface area contributed by atoms with Crippen LogP contribution in [0.25, 0.3) is 0 Å². The lowest BCUT2D eigenvalue weighted by Crippen LogP contribution is -2.50. The Morgan fingerprint density at radius 3 is 2.10 bits per heavy atom. The Labute approximate surface area is 127 Å². The maximum atomic E-state index is 2.79. The predicted octanol–water partition coefficient (Wildman–Crippen LogP) is 3.91. The Hall–Kier alpha value is -0.0800. The molecule has 2 aliphatic rings. The molecule has 0 aromatic rings. The van der Waals surface area contributed by atoms with E-state index < -0.39 is 0 Å². The lowest BCUT2D eigenvalue weighted by Gasteiger charge is -2.41. The third-order valence-electron chi connectivity index (χ3n) is 6.11. The minimum atomic E-state index is 0.816. The van der Waals surface area contributed by atoms with Gasteiger partial charge in [-0.1, -0.05) is 19.3 Å². The van der Waals surface area contributed by atoms with Gasteiger partial charge in [0.05, 0.1) is 26.7 Å². The molecule has 1 atom stereocenters. The smallest absolute Gasteiger partial charge is 0.0787 e. The van der Waals surface area contributed by atoms with E-state index in [1.54, 1.807) is 0 Å². The summed E-state index contributed by atoms with van der Waals surface area (Å²) in [5, 5.41) is 0.